The van der Waals surface area contributed by atoms with Crippen molar-refractivity contribution in [2.75, 3.05) is 0 Å². The zero-order valence-corrected chi connectivity index (χ0v) is 11.2. The number of aromatic amines is 1. The Labute approximate surface area is 116 Å². The lowest BCUT2D eigenvalue weighted by molar-refractivity contribution is -0.136. The fraction of sp³-hybridized carbons (Fsp3) is 0.118. The molecule has 0 amide bonds. The third kappa shape index (κ3) is 2.30. The Balaban J connectivity index is 2.11. The molecule has 1 heterocycles. The van der Waals surface area contributed by atoms with Gasteiger partial charge in [0.15, 0.2) is 0 Å². The van der Waals surface area contributed by atoms with Crippen LogP contribution in [-0.4, -0.2) is 16.1 Å². The lowest BCUT2D eigenvalue weighted by Crippen LogP contribution is -1.98. The Kier molecular flexibility index (Phi) is 3.03. The largest absolute Gasteiger partial charge is 0.481 e. The van der Waals surface area contributed by atoms with E-state index in [4.69, 9.17) is 5.11 Å². The number of nitrogens with one attached hydrogen (secondary N) is 1. The molecule has 0 aliphatic rings. The van der Waals surface area contributed by atoms with E-state index < -0.39 is 5.97 Å². The monoisotopic (exact) mass is 265 g/mol. The smallest absolute Gasteiger partial charge is 0.307 e. The molecule has 0 unspecified atom stereocenters. The second-order valence-electron chi connectivity index (χ2n) is 5.01. The Bertz CT molecular complexity index is 787. The number of carbonyl (C=O) groups is 1. The van der Waals surface area contributed by atoms with Crippen LogP contribution in [0.1, 0.15) is 11.1 Å². The van der Waals surface area contributed by atoms with Gasteiger partial charge in [-0.15, -0.1) is 0 Å². The van der Waals surface area contributed by atoms with Crippen LogP contribution < -0.4 is 0 Å². The van der Waals surface area contributed by atoms with Crippen molar-refractivity contribution < 1.29 is 9.90 Å². The molecule has 3 nitrogen and oxygen atoms in total. The van der Waals surface area contributed by atoms with E-state index in [0.29, 0.717) is 0 Å². The van der Waals surface area contributed by atoms with Crippen molar-refractivity contribution in [2.45, 2.75) is 13.3 Å². The van der Waals surface area contributed by atoms with Gasteiger partial charge in [0.1, 0.15) is 0 Å². The van der Waals surface area contributed by atoms with Crippen LogP contribution in [0.3, 0.4) is 0 Å². The molecule has 0 atom stereocenters. The Morgan fingerprint density at radius 2 is 1.95 bits per heavy atom. The summed E-state index contributed by atoms with van der Waals surface area (Å²) in [6.07, 6.45) is 1.82. The molecule has 3 heteroatoms. The third-order valence-corrected chi connectivity index (χ3v) is 3.46. The van der Waals surface area contributed by atoms with Crippen molar-refractivity contribution >= 4 is 16.9 Å². The van der Waals surface area contributed by atoms with E-state index in [1.165, 1.54) is 5.56 Å². The van der Waals surface area contributed by atoms with Gasteiger partial charge in [-0.05, 0) is 35.7 Å². The van der Waals surface area contributed by atoms with Crippen molar-refractivity contribution in [1.82, 2.24) is 4.98 Å². The molecule has 0 fully saturated rings. The van der Waals surface area contributed by atoms with Crippen molar-refractivity contribution in [3.63, 3.8) is 0 Å². The number of benzene rings is 2. The minimum Gasteiger partial charge on any atom is -0.481 e. The second-order valence-corrected chi connectivity index (χ2v) is 5.01. The third-order valence-electron chi connectivity index (χ3n) is 3.46. The zero-order chi connectivity index (χ0) is 14.1. The van der Waals surface area contributed by atoms with Gasteiger partial charge in [-0.2, -0.15) is 0 Å². The van der Waals surface area contributed by atoms with Crippen molar-refractivity contribution in [3.8, 4) is 11.1 Å². The lowest BCUT2D eigenvalue weighted by atomic mass is 10.0. The van der Waals surface area contributed by atoms with Crippen LogP contribution in [0.5, 0.6) is 0 Å². The first-order chi connectivity index (χ1) is 9.63. The van der Waals surface area contributed by atoms with Crippen LogP contribution in [0, 0.1) is 6.92 Å². The molecule has 0 radical (unpaired) electrons. The van der Waals surface area contributed by atoms with Gasteiger partial charge in [-0.25, -0.2) is 0 Å². The lowest BCUT2D eigenvalue weighted by Gasteiger charge is -2.04. The fourth-order valence-corrected chi connectivity index (χ4v) is 2.49. The molecule has 3 aromatic rings. The standard InChI is InChI=1S/C17H15NO2/c1-11-3-2-4-12(7-11)13-5-6-16-15(8-13)14(10-18-16)9-17(19)20/h2-8,10,18H,9H2,1H3,(H,19,20). The van der Waals surface area contributed by atoms with E-state index in [2.05, 4.69) is 42.2 Å². The highest BCUT2D eigenvalue weighted by molar-refractivity contribution is 5.90. The molecule has 100 valence electrons. The van der Waals surface area contributed by atoms with Crippen molar-refractivity contribution in [1.29, 1.82) is 0 Å². The van der Waals surface area contributed by atoms with Crippen LogP contribution in [-0.2, 0) is 11.2 Å². The SMILES string of the molecule is Cc1cccc(-c2ccc3[nH]cc(CC(=O)O)c3c2)c1. The summed E-state index contributed by atoms with van der Waals surface area (Å²) in [6.45, 7) is 2.06. The topological polar surface area (TPSA) is 53.1 Å². The van der Waals surface area contributed by atoms with Crippen LogP contribution in [0.25, 0.3) is 22.0 Å². The van der Waals surface area contributed by atoms with E-state index in [0.717, 1.165) is 27.6 Å². The summed E-state index contributed by atoms with van der Waals surface area (Å²) in [5.41, 5.74) is 5.25. The number of aliphatic carboxylic acids is 1. The predicted octanol–water partition coefficient (Wildman–Crippen LogP) is 3.77. The molecule has 0 saturated carbocycles. The summed E-state index contributed by atoms with van der Waals surface area (Å²) in [6, 6.07) is 14.4. The Morgan fingerprint density at radius 1 is 1.15 bits per heavy atom. The number of aryl methyl sites for hydroxylation is 1. The van der Waals surface area contributed by atoms with Gasteiger partial charge in [0.05, 0.1) is 6.42 Å². The fourth-order valence-electron chi connectivity index (χ4n) is 2.49. The number of H-pyrrole nitrogens is 1. The molecule has 0 aliphatic carbocycles. The van der Waals surface area contributed by atoms with Gasteiger partial charge in [0, 0.05) is 17.1 Å². The molecule has 20 heavy (non-hydrogen) atoms. The minimum atomic E-state index is -0.813. The second kappa shape index (κ2) is 4.85. The number of hydrogen-bond donors (Lipinski definition) is 2. The first-order valence-corrected chi connectivity index (χ1v) is 6.52. The average Bonchev–Trinajstić information content (AvgIpc) is 2.80. The minimum absolute atomic E-state index is 0.0390. The maximum absolute atomic E-state index is 10.9. The molecule has 0 bridgehead atoms. The maximum Gasteiger partial charge on any atom is 0.307 e. The summed E-state index contributed by atoms with van der Waals surface area (Å²) in [7, 11) is 0. The maximum atomic E-state index is 10.9. The highest BCUT2D eigenvalue weighted by Crippen LogP contribution is 2.27. The molecule has 2 N–H and O–H groups in total. The quantitative estimate of drug-likeness (QED) is 0.757. The van der Waals surface area contributed by atoms with Crippen LogP contribution in [0.2, 0.25) is 0 Å². The number of rotatable bonds is 3. The Hall–Kier alpha value is -2.55. The Morgan fingerprint density at radius 3 is 2.70 bits per heavy atom. The average molecular weight is 265 g/mol. The highest BCUT2D eigenvalue weighted by Gasteiger charge is 2.09. The summed E-state index contributed by atoms with van der Waals surface area (Å²) in [5.74, 6) is -0.813. The molecule has 0 saturated heterocycles. The molecule has 1 aromatic heterocycles. The van der Waals surface area contributed by atoms with Crippen LogP contribution >= 0.6 is 0 Å². The molecular formula is C17H15NO2. The van der Waals surface area contributed by atoms with Gasteiger partial charge in [0.2, 0.25) is 0 Å². The van der Waals surface area contributed by atoms with E-state index in [1.54, 1.807) is 6.20 Å². The first kappa shape index (κ1) is 12.5. The summed E-state index contributed by atoms with van der Waals surface area (Å²) < 4.78 is 0. The van der Waals surface area contributed by atoms with E-state index in [9.17, 15) is 4.79 Å². The summed E-state index contributed by atoms with van der Waals surface area (Å²) in [4.78, 5) is 14.0. The molecule has 0 spiro atoms. The van der Waals surface area contributed by atoms with Gasteiger partial charge < -0.3 is 10.1 Å². The van der Waals surface area contributed by atoms with Crippen molar-refractivity contribution in [2.24, 2.45) is 0 Å². The van der Waals surface area contributed by atoms with Gasteiger partial charge in [0.25, 0.3) is 0 Å². The predicted molar refractivity (Wildman–Crippen MR) is 79.8 cm³/mol. The highest BCUT2D eigenvalue weighted by atomic mass is 16.4. The van der Waals surface area contributed by atoms with E-state index >= 15 is 0 Å². The molecular weight excluding hydrogens is 250 g/mol. The number of carboxylic acid groups (broad SMARTS) is 1. The first-order valence-electron chi connectivity index (χ1n) is 6.52. The molecule has 3 rings (SSSR count). The van der Waals surface area contributed by atoms with Gasteiger partial charge in [-0.3, -0.25) is 4.79 Å². The number of hydrogen-bond acceptors (Lipinski definition) is 1. The number of carboxylic acids is 1. The van der Waals surface area contributed by atoms with Crippen LogP contribution in [0.15, 0.2) is 48.7 Å². The normalized spacial score (nSPS) is 10.8. The van der Waals surface area contributed by atoms with Gasteiger partial charge >= 0.3 is 5.97 Å². The summed E-state index contributed by atoms with van der Waals surface area (Å²) >= 11 is 0. The molecule has 2 aromatic carbocycles. The van der Waals surface area contributed by atoms with E-state index in [1.807, 2.05) is 12.1 Å². The molecule has 0 aliphatic heterocycles. The van der Waals surface area contributed by atoms with Gasteiger partial charge in [-0.1, -0.05) is 35.9 Å². The van der Waals surface area contributed by atoms with Crippen molar-refractivity contribution in [3.05, 3.63) is 59.8 Å². The number of fused-ring (bicyclic) bond motifs is 1. The zero-order valence-electron chi connectivity index (χ0n) is 11.2. The number of aromatic nitrogens is 1. The van der Waals surface area contributed by atoms with E-state index in [-0.39, 0.29) is 6.42 Å². The summed E-state index contributed by atoms with van der Waals surface area (Å²) in [5, 5.41) is 9.93. The van der Waals surface area contributed by atoms with Crippen LogP contribution in [0.4, 0.5) is 0 Å².